The second-order valence-electron chi connectivity index (χ2n) is 7.04. The molecule has 2 aromatic heterocycles. The molecule has 0 N–H and O–H groups in total. The molecule has 0 radical (unpaired) electrons. The van der Waals surface area contributed by atoms with Crippen molar-refractivity contribution in [2.24, 2.45) is 5.92 Å². The van der Waals surface area contributed by atoms with Crippen LogP contribution in [0.3, 0.4) is 0 Å². The van der Waals surface area contributed by atoms with E-state index < -0.39 is 0 Å². The van der Waals surface area contributed by atoms with Crippen LogP contribution < -0.4 is 5.69 Å². The van der Waals surface area contributed by atoms with Crippen molar-refractivity contribution in [1.29, 1.82) is 0 Å². The van der Waals surface area contributed by atoms with E-state index in [4.69, 9.17) is 0 Å². The summed E-state index contributed by atoms with van der Waals surface area (Å²) in [4.78, 5) is 30.3. The number of aromatic nitrogens is 4. The molecule has 6 nitrogen and oxygen atoms in total. The summed E-state index contributed by atoms with van der Waals surface area (Å²) in [6.45, 7) is 4.12. The second kappa shape index (κ2) is 6.79. The van der Waals surface area contributed by atoms with E-state index >= 15 is 0 Å². The summed E-state index contributed by atoms with van der Waals surface area (Å²) in [6.07, 6.45) is 0.693. The summed E-state index contributed by atoms with van der Waals surface area (Å²) < 4.78 is 2.80. The molecular formula is C21H20N4O2. The first-order valence-corrected chi connectivity index (χ1v) is 9.00. The van der Waals surface area contributed by atoms with Crippen molar-refractivity contribution in [2.75, 3.05) is 0 Å². The van der Waals surface area contributed by atoms with E-state index in [1.807, 2.05) is 42.5 Å². The Morgan fingerprint density at radius 2 is 1.74 bits per heavy atom. The normalized spacial score (nSPS) is 11.5. The summed E-state index contributed by atoms with van der Waals surface area (Å²) in [5.41, 5.74) is 1.44. The summed E-state index contributed by atoms with van der Waals surface area (Å²) in [6, 6.07) is 16.5. The Bertz CT molecular complexity index is 1190. The van der Waals surface area contributed by atoms with Gasteiger partial charge in [-0.15, -0.1) is 5.10 Å². The zero-order chi connectivity index (χ0) is 19.0. The number of benzene rings is 2. The Labute approximate surface area is 156 Å². The van der Waals surface area contributed by atoms with E-state index in [0.717, 1.165) is 5.39 Å². The first-order valence-electron chi connectivity index (χ1n) is 9.00. The SMILES string of the molecule is CC(C)Cc1nc2c3ccccc3n(CC(=O)c3ccccc3)c(=O)n2n1. The van der Waals surface area contributed by atoms with Crippen molar-refractivity contribution in [3.63, 3.8) is 0 Å². The summed E-state index contributed by atoms with van der Waals surface area (Å²) >= 11 is 0. The lowest BCUT2D eigenvalue weighted by molar-refractivity contribution is 0.0971. The fourth-order valence-electron chi connectivity index (χ4n) is 3.24. The summed E-state index contributed by atoms with van der Waals surface area (Å²) in [5, 5.41) is 5.21. The maximum absolute atomic E-state index is 13.1. The van der Waals surface area contributed by atoms with Crippen LogP contribution in [0.4, 0.5) is 0 Å². The van der Waals surface area contributed by atoms with Gasteiger partial charge in [0, 0.05) is 17.4 Å². The molecule has 0 spiro atoms. The quantitative estimate of drug-likeness (QED) is 0.513. The van der Waals surface area contributed by atoms with E-state index in [9.17, 15) is 9.59 Å². The van der Waals surface area contributed by atoms with E-state index in [-0.39, 0.29) is 18.0 Å². The topological polar surface area (TPSA) is 69.3 Å². The van der Waals surface area contributed by atoms with E-state index in [1.165, 1.54) is 9.08 Å². The zero-order valence-corrected chi connectivity index (χ0v) is 15.3. The molecule has 2 aromatic carbocycles. The third-order valence-electron chi connectivity index (χ3n) is 4.49. The fraction of sp³-hybridized carbons (Fsp3) is 0.238. The van der Waals surface area contributed by atoms with Crippen LogP contribution in [0, 0.1) is 5.92 Å². The van der Waals surface area contributed by atoms with Crippen LogP contribution in [0.5, 0.6) is 0 Å². The minimum absolute atomic E-state index is 0.0430. The van der Waals surface area contributed by atoms with Gasteiger partial charge in [-0.2, -0.15) is 4.52 Å². The Morgan fingerprint density at radius 1 is 1.04 bits per heavy atom. The van der Waals surface area contributed by atoms with Gasteiger partial charge in [-0.3, -0.25) is 9.36 Å². The Morgan fingerprint density at radius 3 is 2.48 bits per heavy atom. The molecule has 136 valence electrons. The third-order valence-corrected chi connectivity index (χ3v) is 4.49. The summed E-state index contributed by atoms with van der Waals surface area (Å²) in [5.74, 6) is 0.902. The number of hydrogen-bond donors (Lipinski definition) is 0. The Balaban J connectivity index is 1.90. The fourth-order valence-corrected chi connectivity index (χ4v) is 3.24. The van der Waals surface area contributed by atoms with Crippen molar-refractivity contribution in [1.82, 2.24) is 19.2 Å². The molecule has 0 saturated carbocycles. The standard InChI is InChI=1S/C21H20N4O2/c1-14(2)12-19-22-20-16-10-6-7-11-17(16)24(21(27)25(20)23-19)13-18(26)15-8-4-3-5-9-15/h3-11,14H,12-13H2,1-2H3. The number of ketones is 1. The summed E-state index contributed by atoms with van der Waals surface area (Å²) in [7, 11) is 0. The molecule has 2 heterocycles. The number of fused-ring (bicyclic) bond motifs is 3. The third kappa shape index (κ3) is 3.14. The largest absolute Gasteiger partial charge is 0.351 e. The first-order chi connectivity index (χ1) is 13.0. The molecular weight excluding hydrogens is 340 g/mol. The van der Waals surface area contributed by atoms with Crippen LogP contribution in [-0.4, -0.2) is 24.9 Å². The van der Waals surface area contributed by atoms with Gasteiger partial charge in [0.15, 0.2) is 17.3 Å². The molecule has 0 aliphatic rings. The molecule has 6 heteroatoms. The number of nitrogens with zero attached hydrogens (tertiary/aromatic N) is 4. The molecule has 0 aliphatic carbocycles. The van der Waals surface area contributed by atoms with Crippen LogP contribution in [0.2, 0.25) is 0 Å². The smallest absolute Gasteiger partial charge is 0.292 e. The maximum Gasteiger partial charge on any atom is 0.351 e. The molecule has 0 atom stereocenters. The number of carbonyl (C=O) groups excluding carboxylic acids is 1. The van der Waals surface area contributed by atoms with Crippen molar-refractivity contribution in [2.45, 2.75) is 26.8 Å². The van der Waals surface area contributed by atoms with Gasteiger partial charge < -0.3 is 0 Å². The van der Waals surface area contributed by atoms with Crippen LogP contribution in [0.1, 0.15) is 30.0 Å². The molecule has 4 rings (SSSR count). The van der Waals surface area contributed by atoms with Crippen molar-refractivity contribution in [3.05, 3.63) is 76.5 Å². The van der Waals surface area contributed by atoms with Crippen molar-refractivity contribution >= 4 is 22.3 Å². The number of para-hydroxylation sites is 1. The van der Waals surface area contributed by atoms with Gasteiger partial charge >= 0.3 is 5.69 Å². The van der Waals surface area contributed by atoms with E-state index in [2.05, 4.69) is 23.9 Å². The predicted molar refractivity (Wildman–Crippen MR) is 104 cm³/mol. The van der Waals surface area contributed by atoms with Crippen LogP contribution >= 0.6 is 0 Å². The zero-order valence-electron chi connectivity index (χ0n) is 15.3. The van der Waals surface area contributed by atoms with Gasteiger partial charge in [0.05, 0.1) is 12.1 Å². The minimum Gasteiger partial charge on any atom is -0.292 e. The van der Waals surface area contributed by atoms with Gasteiger partial charge in [-0.25, -0.2) is 9.78 Å². The lowest BCUT2D eigenvalue weighted by Crippen LogP contribution is -2.30. The molecule has 4 aromatic rings. The molecule has 0 saturated heterocycles. The molecule has 0 unspecified atom stereocenters. The number of rotatable bonds is 5. The average Bonchev–Trinajstić information content (AvgIpc) is 3.09. The number of Topliss-reactive ketones (excluding diaryl/α,β-unsaturated/α-hetero) is 1. The molecule has 0 aliphatic heterocycles. The highest BCUT2D eigenvalue weighted by molar-refractivity contribution is 5.97. The van der Waals surface area contributed by atoms with Gasteiger partial charge in [0.25, 0.3) is 0 Å². The molecule has 27 heavy (non-hydrogen) atoms. The Hall–Kier alpha value is -3.28. The lowest BCUT2D eigenvalue weighted by atomic mass is 10.1. The molecule has 0 amide bonds. The minimum atomic E-state index is -0.351. The predicted octanol–water partition coefficient (Wildman–Crippen LogP) is 3.13. The van der Waals surface area contributed by atoms with Crippen LogP contribution in [-0.2, 0) is 13.0 Å². The molecule has 0 bridgehead atoms. The van der Waals surface area contributed by atoms with Gasteiger partial charge in [-0.1, -0.05) is 56.3 Å². The van der Waals surface area contributed by atoms with Gasteiger partial charge in [0.1, 0.15) is 0 Å². The average molecular weight is 360 g/mol. The monoisotopic (exact) mass is 360 g/mol. The van der Waals surface area contributed by atoms with Gasteiger partial charge in [0.2, 0.25) is 0 Å². The van der Waals surface area contributed by atoms with Crippen molar-refractivity contribution < 1.29 is 4.79 Å². The first kappa shape index (κ1) is 17.1. The number of carbonyl (C=O) groups is 1. The maximum atomic E-state index is 13.1. The Kier molecular flexibility index (Phi) is 4.32. The van der Waals surface area contributed by atoms with E-state index in [0.29, 0.717) is 34.9 Å². The van der Waals surface area contributed by atoms with Crippen LogP contribution in [0.25, 0.3) is 16.6 Å². The van der Waals surface area contributed by atoms with Crippen LogP contribution in [0.15, 0.2) is 59.4 Å². The highest BCUT2D eigenvalue weighted by atomic mass is 16.2. The van der Waals surface area contributed by atoms with Gasteiger partial charge in [-0.05, 0) is 18.1 Å². The highest BCUT2D eigenvalue weighted by Crippen LogP contribution is 2.18. The lowest BCUT2D eigenvalue weighted by Gasteiger charge is -2.10. The second-order valence-corrected chi connectivity index (χ2v) is 7.04. The van der Waals surface area contributed by atoms with E-state index in [1.54, 1.807) is 12.1 Å². The number of hydrogen-bond acceptors (Lipinski definition) is 4. The molecule has 0 fully saturated rings. The highest BCUT2D eigenvalue weighted by Gasteiger charge is 2.17. The van der Waals surface area contributed by atoms with Crippen molar-refractivity contribution in [3.8, 4) is 0 Å².